The molecule has 2 heterocycles. The van der Waals surface area contributed by atoms with E-state index >= 15 is 0 Å². The average Bonchev–Trinajstić information content (AvgIpc) is 3.35. The van der Waals surface area contributed by atoms with Crippen molar-refractivity contribution in [1.29, 1.82) is 0 Å². The van der Waals surface area contributed by atoms with E-state index in [9.17, 15) is 4.39 Å². The molecule has 1 aromatic carbocycles. The lowest BCUT2D eigenvalue weighted by atomic mass is 10.00. The van der Waals surface area contributed by atoms with Gasteiger partial charge in [-0.05, 0) is 49.3 Å². The van der Waals surface area contributed by atoms with Gasteiger partial charge in [0.15, 0.2) is 5.16 Å². The molecule has 0 radical (unpaired) electrons. The molecule has 4 rings (SSSR count). The fraction of sp³-hybridized carbons (Fsp3) is 0.556. The molecule has 1 saturated heterocycles. The Kier molecular flexibility index (Phi) is 4.48. The summed E-state index contributed by atoms with van der Waals surface area (Å²) in [6.07, 6.45) is 4.91. The molecule has 0 spiro atoms. The van der Waals surface area contributed by atoms with Crippen LogP contribution in [0.3, 0.4) is 0 Å². The molecule has 128 valence electrons. The van der Waals surface area contributed by atoms with Crippen LogP contribution in [0.5, 0.6) is 0 Å². The van der Waals surface area contributed by atoms with Gasteiger partial charge in [-0.2, -0.15) is 0 Å². The minimum absolute atomic E-state index is 0.188. The minimum atomic E-state index is -0.188. The van der Waals surface area contributed by atoms with Crippen molar-refractivity contribution in [1.82, 2.24) is 14.8 Å². The van der Waals surface area contributed by atoms with E-state index in [2.05, 4.69) is 26.6 Å². The fourth-order valence-electron chi connectivity index (χ4n) is 3.17. The van der Waals surface area contributed by atoms with Gasteiger partial charge >= 0.3 is 0 Å². The molecule has 0 bridgehead atoms. The number of anilines is 1. The van der Waals surface area contributed by atoms with Crippen LogP contribution < -0.4 is 4.90 Å². The Morgan fingerprint density at radius 2 is 1.79 bits per heavy atom. The first-order valence-electron chi connectivity index (χ1n) is 8.78. The summed E-state index contributed by atoms with van der Waals surface area (Å²) in [5.74, 6) is 2.46. The minimum Gasteiger partial charge on any atom is -0.341 e. The van der Waals surface area contributed by atoms with Crippen LogP contribution in [0.25, 0.3) is 0 Å². The lowest BCUT2D eigenvalue weighted by Gasteiger charge is -2.31. The molecule has 6 heteroatoms. The SMILES string of the molecule is CC1CCN(c2nnc(SCc3ccc(F)cc3)n2C2CC2)CC1. The van der Waals surface area contributed by atoms with Crippen molar-refractivity contribution in [2.75, 3.05) is 18.0 Å². The zero-order valence-electron chi connectivity index (χ0n) is 14.0. The lowest BCUT2D eigenvalue weighted by Crippen LogP contribution is -2.34. The molecular weight excluding hydrogens is 323 g/mol. The number of benzene rings is 1. The van der Waals surface area contributed by atoms with Crippen molar-refractivity contribution in [3.63, 3.8) is 0 Å². The second-order valence-electron chi connectivity index (χ2n) is 6.97. The second kappa shape index (κ2) is 6.75. The molecule has 0 unspecified atom stereocenters. The summed E-state index contributed by atoms with van der Waals surface area (Å²) >= 11 is 1.70. The van der Waals surface area contributed by atoms with Crippen LogP contribution in [-0.2, 0) is 5.75 Å². The lowest BCUT2D eigenvalue weighted by molar-refractivity contribution is 0.429. The van der Waals surface area contributed by atoms with Crippen LogP contribution in [0.4, 0.5) is 10.3 Å². The van der Waals surface area contributed by atoms with Gasteiger partial charge in [-0.15, -0.1) is 10.2 Å². The quantitative estimate of drug-likeness (QED) is 0.757. The van der Waals surface area contributed by atoms with Crippen LogP contribution in [0.2, 0.25) is 0 Å². The Balaban J connectivity index is 1.50. The number of nitrogens with zero attached hydrogens (tertiary/aromatic N) is 4. The summed E-state index contributed by atoms with van der Waals surface area (Å²) in [6.45, 7) is 4.48. The predicted molar refractivity (Wildman–Crippen MR) is 94.9 cm³/mol. The van der Waals surface area contributed by atoms with Gasteiger partial charge in [-0.1, -0.05) is 30.8 Å². The number of thioether (sulfide) groups is 1. The fourth-order valence-corrected chi connectivity index (χ4v) is 4.13. The Labute approximate surface area is 146 Å². The molecular formula is C18H23FN4S. The number of aromatic nitrogens is 3. The Hall–Kier alpha value is -1.56. The number of rotatable bonds is 5. The smallest absolute Gasteiger partial charge is 0.228 e. The largest absolute Gasteiger partial charge is 0.341 e. The number of piperidine rings is 1. The molecule has 1 aliphatic carbocycles. The molecule has 2 aromatic rings. The van der Waals surface area contributed by atoms with Crippen LogP contribution in [0, 0.1) is 11.7 Å². The van der Waals surface area contributed by atoms with Crippen molar-refractivity contribution in [2.45, 2.75) is 49.6 Å². The molecule has 4 nitrogen and oxygen atoms in total. The first-order chi connectivity index (χ1) is 11.7. The summed E-state index contributed by atoms with van der Waals surface area (Å²) in [7, 11) is 0. The van der Waals surface area contributed by atoms with Gasteiger partial charge in [0.25, 0.3) is 0 Å². The number of hydrogen-bond donors (Lipinski definition) is 0. The third-order valence-electron chi connectivity index (χ3n) is 4.91. The average molecular weight is 346 g/mol. The van der Waals surface area contributed by atoms with Gasteiger partial charge in [0.2, 0.25) is 5.95 Å². The van der Waals surface area contributed by atoms with E-state index in [1.807, 2.05) is 12.1 Å². The molecule has 2 fully saturated rings. The maximum absolute atomic E-state index is 13.0. The molecule has 1 saturated carbocycles. The third-order valence-corrected chi connectivity index (χ3v) is 5.92. The Bertz CT molecular complexity index is 688. The topological polar surface area (TPSA) is 34.0 Å². The zero-order valence-corrected chi connectivity index (χ0v) is 14.8. The normalized spacial score (nSPS) is 19.0. The van der Waals surface area contributed by atoms with E-state index in [0.717, 1.165) is 41.4 Å². The van der Waals surface area contributed by atoms with Gasteiger partial charge in [-0.3, -0.25) is 4.57 Å². The maximum Gasteiger partial charge on any atom is 0.228 e. The second-order valence-corrected chi connectivity index (χ2v) is 7.91. The number of hydrogen-bond acceptors (Lipinski definition) is 4. The van der Waals surface area contributed by atoms with Crippen molar-refractivity contribution < 1.29 is 4.39 Å². The summed E-state index contributed by atoms with van der Waals surface area (Å²) in [5.41, 5.74) is 1.11. The standard InChI is InChI=1S/C18H23FN4S/c1-13-8-10-22(11-9-13)17-20-21-18(23(17)16-6-7-16)24-12-14-2-4-15(19)5-3-14/h2-5,13,16H,6-12H2,1H3. The first-order valence-corrected chi connectivity index (χ1v) is 9.76. The molecule has 0 atom stereocenters. The van der Waals surface area contributed by atoms with E-state index in [0.29, 0.717) is 6.04 Å². The maximum atomic E-state index is 13.0. The van der Waals surface area contributed by atoms with E-state index in [1.165, 1.54) is 37.8 Å². The van der Waals surface area contributed by atoms with Crippen molar-refractivity contribution >= 4 is 17.7 Å². The molecule has 1 aliphatic heterocycles. The Morgan fingerprint density at radius 1 is 1.08 bits per heavy atom. The van der Waals surface area contributed by atoms with Crippen LogP contribution in [0.15, 0.2) is 29.4 Å². The molecule has 24 heavy (non-hydrogen) atoms. The summed E-state index contributed by atoms with van der Waals surface area (Å²) in [6, 6.07) is 7.27. The molecule has 2 aliphatic rings. The van der Waals surface area contributed by atoms with E-state index in [4.69, 9.17) is 0 Å². The third kappa shape index (κ3) is 3.43. The Morgan fingerprint density at radius 3 is 2.46 bits per heavy atom. The molecule has 0 amide bonds. The summed E-state index contributed by atoms with van der Waals surface area (Å²) in [4.78, 5) is 2.40. The van der Waals surface area contributed by atoms with Crippen LogP contribution in [-0.4, -0.2) is 27.9 Å². The van der Waals surface area contributed by atoms with Gasteiger partial charge in [0.1, 0.15) is 5.82 Å². The molecule has 1 aromatic heterocycles. The van der Waals surface area contributed by atoms with Crippen molar-refractivity contribution in [3.05, 3.63) is 35.6 Å². The van der Waals surface area contributed by atoms with E-state index < -0.39 is 0 Å². The highest BCUT2D eigenvalue weighted by molar-refractivity contribution is 7.98. The van der Waals surface area contributed by atoms with Crippen LogP contribution >= 0.6 is 11.8 Å². The first kappa shape index (κ1) is 15.9. The summed E-state index contributed by atoms with van der Waals surface area (Å²) in [5, 5.41) is 9.97. The van der Waals surface area contributed by atoms with Crippen LogP contribution in [0.1, 0.15) is 44.2 Å². The van der Waals surface area contributed by atoms with Gasteiger partial charge in [0.05, 0.1) is 0 Å². The number of halogens is 1. The van der Waals surface area contributed by atoms with Gasteiger partial charge in [-0.25, -0.2) is 4.39 Å². The highest BCUT2D eigenvalue weighted by Gasteiger charge is 2.32. The molecule has 0 N–H and O–H groups in total. The zero-order chi connectivity index (χ0) is 16.5. The van der Waals surface area contributed by atoms with E-state index in [-0.39, 0.29) is 5.82 Å². The summed E-state index contributed by atoms with van der Waals surface area (Å²) < 4.78 is 15.4. The highest BCUT2D eigenvalue weighted by atomic mass is 32.2. The van der Waals surface area contributed by atoms with Gasteiger partial charge in [0, 0.05) is 24.9 Å². The monoisotopic (exact) mass is 346 g/mol. The highest BCUT2D eigenvalue weighted by Crippen LogP contribution is 2.41. The van der Waals surface area contributed by atoms with Gasteiger partial charge < -0.3 is 4.90 Å². The van der Waals surface area contributed by atoms with Crippen molar-refractivity contribution in [3.8, 4) is 0 Å². The van der Waals surface area contributed by atoms with Crippen molar-refractivity contribution in [2.24, 2.45) is 5.92 Å². The predicted octanol–water partition coefficient (Wildman–Crippen LogP) is 4.28. The van der Waals surface area contributed by atoms with E-state index in [1.54, 1.807) is 11.8 Å².